The van der Waals surface area contributed by atoms with Crippen LogP contribution >= 0.6 is 11.3 Å². The molecule has 4 aromatic rings. The maximum Gasteiger partial charge on any atom is 0.573 e. The van der Waals surface area contributed by atoms with Gasteiger partial charge in [-0.2, -0.15) is 0 Å². The Balaban J connectivity index is 1.41. The lowest BCUT2D eigenvalue weighted by molar-refractivity contribution is -0.274. The van der Waals surface area contributed by atoms with Crippen molar-refractivity contribution in [2.45, 2.75) is 38.7 Å². The van der Waals surface area contributed by atoms with Crippen LogP contribution in [0.15, 0.2) is 59.1 Å². The summed E-state index contributed by atoms with van der Waals surface area (Å²) in [5.74, 6) is -0.00678. The third-order valence-corrected chi connectivity index (χ3v) is 6.90. The van der Waals surface area contributed by atoms with Crippen LogP contribution in [0.25, 0.3) is 21.7 Å². The van der Waals surface area contributed by atoms with Crippen LogP contribution in [0.4, 0.5) is 13.2 Å². The van der Waals surface area contributed by atoms with Crippen LogP contribution in [-0.4, -0.2) is 22.6 Å². The maximum absolute atomic E-state index is 13.0. The molecule has 0 unspecified atom stereocenters. The number of alkyl halides is 3. The van der Waals surface area contributed by atoms with Gasteiger partial charge in [-0.05, 0) is 73.4 Å². The molecule has 1 N–H and O–H groups in total. The highest BCUT2D eigenvalue weighted by atomic mass is 32.1. The molecule has 0 saturated heterocycles. The Hall–Kier alpha value is -3.79. The third kappa shape index (κ3) is 5.08. The number of carbonyl (C=O) groups is 1. The van der Waals surface area contributed by atoms with Crippen LogP contribution in [0.5, 0.6) is 11.5 Å². The van der Waals surface area contributed by atoms with Crippen LogP contribution < -0.4 is 9.47 Å². The van der Waals surface area contributed by atoms with E-state index in [2.05, 4.69) is 9.89 Å². The lowest BCUT2D eigenvalue weighted by atomic mass is 10.0. The average Bonchev–Trinajstić information content (AvgIpc) is 3.38. The molecule has 36 heavy (non-hydrogen) atoms. The van der Waals surface area contributed by atoms with E-state index < -0.39 is 12.3 Å². The number of ether oxygens (including phenoxy) is 2. The average molecular weight is 516 g/mol. The van der Waals surface area contributed by atoms with Crippen molar-refractivity contribution in [3.8, 4) is 33.2 Å². The molecule has 1 aliphatic rings. The number of hydrogen-bond donors (Lipinski definition) is 1. The van der Waals surface area contributed by atoms with Crippen LogP contribution in [0.1, 0.15) is 45.3 Å². The van der Waals surface area contributed by atoms with Crippen molar-refractivity contribution < 1.29 is 37.1 Å². The fourth-order valence-corrected chi connectivity index (χ4v) is 4.91. The van der Waals surface area contributed by atoms with E-state index in [0.717, 1.165) is 28.8 Å². The Kier molecular flexibility index (Phi) is 6.21. The maximum atomic E-state index is 13.0. The second-order valence-electron chi connectivity index (χ2n) is 8.43. The summed E-state index contributed by atoms with van der Waals surface area (Å²) in [5.41, 5.74) is 2.79. The first-order valence-electron chi connectivity index (χ1n) is 11.1. The van der Waals surface area contributed by atoms with Gasteiger partial charge in [0.15, 0.2) is 0 Å². The SMILES string of the molecule is Cc1cc(OCc2c(-c3ccccc3OC(F)(F)F)noc2C2CC2)ccc1-c1ccc(C(=O)O)s1. The van der Waals surface area contributed by atoms with Gasteiger partial charge in [0.05, 0.1) is 5.56 Å². The highest BCUT2D eigenvalue weighted by molar-refractivity contribution is 7.17. The molecule has 0 atom stereocenters. The van der Waals surface area contributed by atoms with Crippen molar-refractivity contribution in [3.63, 3.8) is 0 Å². The number of aromatic nitrogens is 1. The molecule has 6 nitrogen and oxygen atoms in total. The van der Waals surface area contributed by atoms with E-state index in [1.807, 2.05) is 19.1 Å². The van der Waals surface area contributed by atoms with Crippen molar-refractivity contribution >= 4 is 17.3 Å². The normalized spacial score (nSPS) is 13.6. The Morgan fingerprint density at radius 2 is 1.92 bits per heavy atom. The summed E-state index contributed by atoms with van der Waals surface area (Å²) in [5, 5.41) is 13.3. The number of aryl methyl sites for hydroxylation is 1. The van der Waals surface area contributed by atoms with Gasteiger partial charge in [0.2, 0.25) is 0 Å². The van der Waals surface area contributed by atoms with Gasteiger partial charge in [-0.3, -0.25) is 0 Å². The zero-order chi connectivity index (χ0) is 25.4. The summed E-state index contributed by atoms with van der Waals surface area (Å²) < 4.78 is 54.7. The highest BCUT2D eigenvalue weighted by Gasteiger charge is 2.35. The summed E-state index contributed by atoms with van der Waals surface area (Å²) in [7, 11) is 0. The Bertz CT molecular complexity index is 1420. The van der Waals surface area contributed by atoms with Crippen molar-refractivity contribution in [2.75, 3.05) is 0 Å². The molecule has 0 amide bonds. The van der Waals surface area contributed by atoms with E-state index in [0.29, 0.717) is 17.1 Å². The molecule has 0 radical (unpaired) electrons. The fourth-order valence-electron chi connectivity index (χ4n) is 3.97. The Labute approximate surface area is 207 Å². The van der Waals surface area contributed by atoms with Gasteiger partial charge in [-0.15, -0.1) is 24.5 Å². The van der Waals surface area contributed by atoms with Crippen LogP contribution in [0.3, 0.4) is 0 Å². The fraction of sp³-hybridized carbons (Fsp3) is 0.231. The molecule has 186 valence electrons. The van der Waals surface area contributed by atoms with Crippen LogP contribution in [-0.2, 0) is 6.61 Å². The van der Waals surface area contributed by atoms with Gasteiger partial charge in [-0.1, -0.05) is 17.3 Å². The monoisotopic (exact) mass is 515 g/mol. The Morgan fingerprint density at radius 1 is 1.14 bits per heavy atom. The number of hydrogen-bond acceptors (Lipinski definition) is 6. The largest absolute Gasteiger partial charge is 0.573 e. The molecular weight excluding hydrogens is 495 g/mol. The summed E-state index contributed by atoms with van der Waals surface area (Å²) in [4.78, 5) is 12.3. The molecule has 0 aliphatic heterocycles. The van der Waals surface area contributed by atoms with Crippen molar-refractivity contribution in [2.24, 2.45) is 0 Å². The van der Waals surface area contributed by atoms with Gasteiger partial charge in [0, 0.05) is 16.4 Å². The zero-order valence-electron chi connectivity index (χ0n) is 19.0. The molecule has 1 aliphatic carbocycles. The minimum absolute atomic E-state index is 0.0476. The first-order chi connectivity index (χ1) is 17.2. The molecule has 0 spiro atoms. The highest BCUT2D eigenvalue weighted by Crippen LogP contribution is 2.45. The van der Waals surface area contributed by atoms with Crippen molar-refractivity contribution in [1.29, 1.82) is 0 Å². The molecule has 2 aromatic carbocycles. The number of thiophene rings is 1. The number of para-hydroxylation sites is 1. The van der Waals surface area contributed by atoms with E-state index in [-0.39, 0.29) is 34.4 Å². The second-order valence-corrected chi connectivity index (χ2v) is 9.51. The predicted octanol–water partition coefficient (Wildman–Crippen LogP) is 7.43. The molecular formula is C26H20F3NO5S. The van der Waals surface area contributed by atoms with Gasteiger partial charge in [0.1, 0.15) is 34.4 Å². The van der Waals surface area contributed by atoms with Crippen molar-refractivity contribution in [1.82, 2.24) is 5.16 Å². The Morgan fingerprint density at radius 3 is 2.58 bits per heavy atom. The van der Waals surface area contributed by atoms with Gasteiger partial charge in [0.25, 0.3) is 0 Å². The summed E-state index contributed by atoms with van der Waals surface area (Å²) in [6, 6.07) is 14.6. The number of nitrogens with zero attached hydrogens (tertiary/aromatic N) is 1. The van der Waals surface area contributed by atoms with Gasteiger partial charge in [-0.25, -0.2) is 4.79 Å². The number of aromatic carboxylic acids is 1. The molecule has 1 saturated carbocycles. The van der Waals surface area contributed by atoms with Crippen LogP contribution in [0, 0.1) is 6.92 Å². The van der Waals surface area contributed by atoms with E-state index in [1.165, 1.54) is 29.5 Å². The lowest BCUT2D eigenvalue weighted by Crippen LogP contribution is -2.17. The lowest BCUT2D eigenvalue weighted by Gasteiger charge is -2.13. The smallest absolute Gasteiger partial charge is 0.489 e. The van der Waals surface area contributed by atoms with E-state index in [9.17, 15) is 23.1 Å². The second kappa shape index (κ2) is 9.34. The number of carboxylic acids is 1. The minimum atomic E-state index is -4.84. The van der Waals surface area contributed by atoms with Crippen LogP contribution in [0.2, 0.25) is 0 Å². The molecule has 0 bridgehead atoms. The molecule has 2 heterocycles. The number of benzene rings is 2. The first kappa shape index (κ1) is 23.9. The number of rotatable bonds is 8. The molecule has 1 fully saturated rings. The molecule has 10 heteroatoms. The third-order valence-electron chi connectivity index (χ3n) is 5.80. The number of carboxylic acid groups (broad SMARTS) is 1. The zero-order valence-corrected chi connectivity index (χ0v) is 19.8. The predicted molar refractivity (Wildman–Crippen MR) is 126 cm³/mol. The van der Waals surface area contributed by atoms with E-state index in [4.69, 9.17) is 9.26 Å². The summed E-state index contributed by atoms with van der Waals surface area (Å²) in [6.45, 7) is 1.94. The standard InChI is InChI=1S/C26H20F3NO5S/c1-14-12-16(8-9-17(14)21-10-11-22(36-21)25(31)32)33-13-19-23(30-35-24(19)15-6-7-15)18-4-2-3-5-20(18)34-26(27,28)29/h2-5,8-12,15H,6-7,13H2,1H3,(H,31,32). The molecule has 2 aromatic heterocycles. The summed E-state index contributed by atoms with van der Waals surface area (Å²) >= 11 is 1.19. The number of halogens is 3. The minimum Gasteiger partial charge on any atom is -0.489 e. The first-order valence-corrected chi connectivity index (χ1v) is 11.9. The van der Waals surface area contributed by atoms with E-state index in [1.54, 1.807) is 24.3 Å². The quantitative estimate of drug-likeness (QED) is 0.263. The molecule has 5 rings (SSSR count). The summed E-state index contributed by atoms with van der Waals surface area (Å²) in [6.07, 6.45) is -3.02. The van der Waals surface area contributed by atoms with Crippen molar-refractivity contribution in [3.05, 3.63) is 76.4 Å². The topological polar surface area (TPSA) is 81.8 Å². The van der Waals surface area contributed by atoms with Gasteiger partial charge >= 0.3 is 12.3 Å². The van der Waals surface area contributed by atoms with E-state index >= 15 is 0 Å². The van der Waals surface area contributed by atoms with Gasteiger partial charge < -0.3 is 19.1 Å².